The number of nitrogens with zero attached hydrogens (tertiary/aromatic N) is 1. The first kappa shape index (κ1) is 11.7. The Morgan fingerprint density at radius 1 is 1.64 bits per heavy atom. The summed E-state index contributed by atoms with van der Waals surface area (Å²) in [4.78, 5) is 12.1. The van der Waals surface area contributed by atoms with E-state index >= 15 is 0 Å². The summed E-state index contributed by atoms with van der Waals surface area (Å²) in [6.07, 6.45) is -4.15. The first-order valence-corrected chi connectivity index (χ1v) is 4.96. The van der Waals surface area contributed by atoms with Crippen molar-refractivity contribution in [3.63, 3.8) is 0 Å². The fraction of sp³-hybridized carbons (Fsp3) is 0.875. The third kappa shape index (κ3) is 2.34. The second-order valence-electron chi connectivity index (χ2n) is 3.52. The molecular weight excluding hydrogens is 215 g/mol. The summed E-state index contributed by atoms with van der Waals surface area (Å²) in [6, 6.07) is -1.68. The molecule has 0 aromatic rings. The highest BCUT2D eigenvalue weighted by molar-refractivity contribution is 7.80. The Morgan fingerprint density at radius 3 is 2.57 bits per heavy atom. The number of alkyl halides is 3. The number of carbonyl (C=O) groups is 1. The van der Waals surface area contributed by atoms with Crippen LogP contribution in [-0.4, -0.2) is 35.3 Å². The van der Waals surface area contributed by atoms with E-state index in [1.807, 2.05) is 0 Å². The predicted molar refractivity (Wildman–Crippen MR) is 49.2 cm³/mol. The first-order chi connectivity index (χ1) is 6.36. The monoisotopic (exact) mass is 227 g/mol. The van der Waals surface area contributed by atoms with Crippen molar-refractivity contribution in [2.75, 3.05) is 12.3 Å². The lowest BCUT2D eigenvalue weighted by molar-refractivity contribution is -0.182. The zero-order chi connectivity index (χ0) is 10.9. The molecule has 0 aromatic carbocycles. The minimum atomic E-state index is -4.33. The van der Waals surface area contributed by atoms with E-state index in [1.165, 1.54) is 0 Å². The molecule has 0 radical (unpaired) electrons. The van der Waals surface area contributed by atoms with Crippen molar-refractivity contribution in [3.05, 3.63) is 0 Å². The average molecular weight is 227 g/mol. The number of hydrogen-bond donors (Lipinski definition) is 1. The average Bonchev–Trinajstić information content (AvgIpc) is 2.43. The maximum Gasteiger partial charge on any atom is 0.408 e. The third-order valence-electron chi connectivity index (χ3n) is 2.44. The summed E-state index contributed by atoms with van der Waals surface area (Å²) in [5.74, 6) is -0.0168. The molecule has 14 heavy (non-hydrogen) atoms. The second-order valence-corrected chi connectivity index (χ2v) is 3.88. The van der Waals surface area contributed by atoms with Gasteiger partial charge in [-0.2, -0.15) is 25.8 Å². The highest BCUT2D eigenvalue weighted by Crippen LogP contribution is 2.29. The highest BCUT2D eigenvalue weighted by Gasteiger charge is 2.45. The maximum atomic E-state index is 12.3. The van der Waals surface area contributed by atoms with Crippen molar-refractivity contribution in [2.45, 2.75) is 25.6 Å². The molecule has 2 unspecified atom stereocenters. The Hall–Kier alpha value is -0.390. The molecule has 2 nitrogen and oxygen atoms in total. The fourth-order valence-electron chi connectivity index (χ4n) is 1.48. The Kier molecular flexibility index (Phi) is 3.34. The van der Waals surface area contributed by atoms with Crippen LogP contribution in [0.3, 0.4) is 0 Å². The Morgan fingerprint density at radius 2 is 2.21 bits per heavy atom. The van der Waals surface area contributed by atoms with Gasteiger partial charge in [0, 0.05) is 13.0 Å². The number of rotatable bonds is 2. The van der Waals surface area contributed by atoms with E-state index in [4.69, 9.17) is 0 Å². The zero-order valence-corrected chi connectivity index (χ0v) is 8.61. The molecule has 1 rings (SSSR count). The lowest BCUT2D eigenvalue weighted by Gasteiger charge is -2.26. The Labute approximate surface area is 85.9 Å². The van der Waals surface area contributed by atoms with Gasteiger partial charge in [-0.25, -0.2) is 0 Å². The van der Waals surface area contributed by atoms with Crippen LogP contribution in [0.25, 0.3) is 0 Å². The van der Waals surface area contributed by atoms with E-state index in [2.05, 4.69) is 12.6 Å². The van der Waals surface area contributed by atoms with Gasteiger partial charge in [0.25, 0.3) is 0 Å². The summed E-state index contributed by atoms with van der Waals surface area (Å²) >= 11 is 3.98. The molecule has 1 aliphatic rings. The number of likely N-dealkylation sites (tertiary alicyclic amines) is 1. The molecule has 0 bridgehead atoms. The summed E-state index contributed by atoms with van der Waals surface area (Å²) in [6.45, 7) is 1.18. The van der Waals surface area contributed by atoms with Crippen LogP contribution in [0.1, 0.15) is 13.3 Å². The van der Waals surface area contributed by atoms with Gasteiger partial charge in [-0.1, -0.05) is 0 Å². The van der Waals surface area contributed by atoms with Crippen LogP contribution in [0.2, 0.25) is 0 Å². The molecule has 0 N–H and O–H groups in total. The second kappa shape index (κ2) is 4.00. The molecule has 0 aliphatic carbocycles. The van der Waals surface area contributed by atoms with Gasteiger partial charge in [-0.3, -0.25) is 4.79 Å². The van der Waals surface area contributed by atoms with Crippen LogP contribution >= 0.6 is 12.6 Å². The lowest BCUT2D eigenvalue weighted by atomic mass is 10.1. The Balaban J connectivity index is 2.66. The number of halogens is 3. The molecule has 0 aromatic heterocycles. The fourth-order valence-corrected chi connectivity index (χ4v) is 1.73. The van der Waals surface area contributed by atoms with Crippen LogP contribution in [0, 0.1) is 5.92 Å². The van der Waals surface area contributed by atoms with Gasteiger partial charge >= 0.3 is 6.18 Å². The Bertz CT molecular complexity index is 231. The van der Waals surface area contributed by atoms with Gasteiger partial charge in [0.1, 0.15) is 6.04 Å². The molecule has 1 aliphatic heterocycles. The van der Waals surface area contributed by atoms with Crippen molar-refractivity contribution < 1.29 is 18.0 Å². The van der Waals surface area contributed by atoms with Gasteiger partial charge in [0.05, 0.1) is 0 Å². The first-order valence-electron chi connectivity index (χ1n) is 4.33. The lowest BCUT2D eigenvalue weighted by Crippen LogP contribution is -2.44. The van der Waals surface area contributed by atoms with Gasteiger partial charge in [0.15, 0.2) is 0 Å². The topological polar surface area (TPSA) is 20.3 Å². The SMILES string of the molecule is CC(N1CC(CS)CC1=O)C(F)(F)F. The van der Waals surface area contributed by atoms with Crippen molar-refractivity contribution in [2.24, 2.45) is 5.92 Å². The minimum absolute atomic E-state index is 0.0457. The minimum Gasteiger partial charge on any atom is -0.331 e. The van der Waals surface area contributed by atoms with Crippen LogP contribution < -0.4 is 0 Å². The van der Waals surface area contributed by atoms with Crippen LogP contribution in [0.4, 0.5) is 13.2 Å². The van der Waals surface area contributed by atoms with Crippen LogP contribution in [-0.2, 0) is 4.79 Å². The molecular formula is C8H12F3NOS. The smallest absolute Gasteiger partial charge is 0.331 e. The summed E-state index contributed by atoms with van der Waals surface area (Å²) in [5, 5.41) is 0. The maximum absolute atomic E-state index is 12.3. The molecule has 1 saturated heterocycles. The molecule has 1 fully saturated rings. The molecule has 2 atom stereocenters. The van der Waals surface area contributed by atoms with E-state index in [0.29, 0.717) is 5.75 Å². The van der Waals surface area contributed by atoms with Crippen LogP contribution in [0.15, 0.2) is 0 Å². The van der Waals surface area contributed by atoms with Crippen molar-refractivity contribution >= 4 is 18.5 Å². The van der Waals surface area contributed by atoms with E-state index in [0.717, 1.165) is 11.8 Å². The summed E-state index contributed by atoms with van der Waals surface area (Å²) in [7, 11) is 0. The number of amides is 1. The number of carbonyl (C=O) groups excluding carboxylic acids is 1. The quantitative estimate of drug-likeness (QED) is 0.712. The molecule has 6 heteroatoms. The standard InChI is InChI=1S/C8H12F3NOS/c1-5(8(9,10)11)12-3-6(4-14)2-7(12)13/h5-6,14H,2-4H2,1H3. The molecule has 1 heterocycles. The normalized spacial score (nSPS) is 25.6. The van der Waals surface area contributed by atoms with Gasteiger partial charge < -0.3 is 4.90 Å². The van der Waals surface area contributed by atoms with Crippen LogP contribution in [0.5, 0.6) is 0 Å². The summed E-state index contributed by atoms with van der Waals surface area (Å²) in [5.41, 5.74) is 0. The van der Waals surface area contributed by atoms with Crippen molar-refractivity contribution in [3.8, 4) is 0 Å². The van der Waals surface area contributed by atoms with E-state index in [1.54, 1.807) is 0 Å². The highest BCUT2D eigenvalue weighted by atomic mass is 32.1. The van der Waals surface area contributed by atoms with Gasteiger partial charge in [-0.15, -0.1) is 0 Å². The largest absolute Gasteiger partial charge is 0.408 e. The molecule has 1 amide bonds. The molecule has 0 saturated carbocycles. The number of hydrogen-bond acceptors (Lipinski definition) is 2. The number of thiol groups is 1. The van der Waals surface area contributed by atoms with Gasteiger partial charge in [0.2, 0.25) is 5.91 Å². The van der Waals surface area contributed by atoms with E-state index < -0.39 is 18.1 Å². The predicted octanol–water partition coefficient (Wildman–Crippen LogP) is 1.72. The zero-order valence-electron chi connectivity index (χ0n) is 7.71. The van der Waals surface area contributed by atoms with Gasteiger partial charge in [-0.05, 0) is 18.6 Å². The van der Waals surface area contributed by atoms with Crippen molar-refractivity contribution in [1.82, 2.24) is 4.90 Å². The third-order valence-corrected chi connectivity index (χ3v) is 2.95. The molecule has 0 spiro atoms. The molecule has 82 valence electrons. The van der Waals surface area contributed by atoms with E-state index in [-0.39, 0.29) is 18.9 Å². The van der Waals surface area contributed by atoms with E-state index in [9.17, 15) is 18.0 Å². The van der Waals surface area contributed by atoms with Crippen molar-refractivity contribution in [1.29, 1.82) is 0 Å². The summed E-state index contributed by atoms with van der Waals surface area (Å²) < 4.78 is 36.9.